The normalized spacial score (nSPS) is 10.4. The van der Waals surface area contributed by atoms with Gasteiger partial charge in [-0.2, -0.15) is 10.1 Å². The molecule has 0 fully saturated rings. The molecule has 0 amide bonds. The van der Waals surface area contributed by atoms with E-state index in [4.69, 9.17) is 16.3 Å². The summed E-state index contributed by atoms with van der Waals surface area (Å²) < 4.78 is 5.37. The van der Waals surface area contributed by atoms with E-state index in [1.165, 1.54) is 5.56 Å². The van der Waals surface area contributed by atoms with Gasteiger partial charge in [-0.1, -0.05) is 41.9 Å². The first-order valence-corrected chi connectivity index (χ1v) is 9.16. The highest BCUT2D eigenvalue weighted by Gasteiger charge is 2.04. The number of methoxy groups -OCH3 is 1. The maximum atomic E-state index is 6.01. The van der Waals surface area contributed by atoms with E-state index in [0.717, 1.165) is 35.7 Å². The van der Waals surface area contributed by atoms with Gasteiger partial charge >= 0.3 is 0 Å². The van der Waals surface area contributed by atoms with E-state index in [2.05, 4.69) is 31.9 Å². The van der Waals surface area contributed by atoms with E-state index in [9.17, 15) is 0 Å². The number of benzene rings is 2. The van der Waals surface area contributed by atoms with E-state index < -0.39 is 0 Å². The lowest BCUT2D eigenvalue weighted by Gasteiger charge is -2.10. The predicted octanol–water partition coefficient (Wildman–Crippen LogP) is 3.84. The molecule has 0 bridgehead atoms. The summed E-state index contributed by atoms with van der Waals surface area (Å²) in [6, 6.07) is 15.8. The second-order valence-corrected chi connectivity index (χ2v) is 6.40. The average molecular weight is 384 g/mol. The molecule has 2 aromatic carbocycles. The number of hydrogen-bond acceptors (Lipinski definition) is 6. The molecule has 3 rings (SSSR count). The summed E-state index contributed by atoms with van der Waals surface area (Å²) in [5.41, 5.74) is 2.31. The Morgan fingerprint density at radius 2 is 1.85 bits per heavy atom. The molecule has 3 aromatic rings. The second kappa shape index (κ2) is 9.73. The first kappa shape index (κ1) is 18.9. The van der Waals surface area contributed by atoms with Crippen molar-refractivity contribution < 1.29 is 4.74 Å². The maximum Gasteiger partial charge on any atom is 0.244 e. The maximum absolute atomic E-state index is 6.01. The predicted molar refractivity (Wildman–Crippen MR) is 109 cm³/mol. The van der Waals surface area contributed by atoms with Gasteiger partial charge in [0.05, 0.1) is 13.3 Å². The minimum Gasteiger partial charge on any atom is -0.496 e. The number of rotatable bonds is 9. The average Bonchev–Trinajstić information content (AvgIpc) is 2.69. The van der Waals surface area contributed by atoms with Crippen LogP contribution in [0.5, 0.6) is 5.75 Å². The molecule has 0 aliphatic carbocycles. The van der Waals surface area contributed by atoms with Crippen LogP contribution in [0.2, 0.25) is 5.02 Å². The van der Waals surface area contributed by atoms with Gasteiger partial charge in [0.2, 0.25) is 5.95 Å². The lowest BCUT2D eigenvalue weighted by molar-refractivity contribution is 0.410. The van der Waals surface area contributed by atoms with Crippen LogP contribution in [0.15, 0.2) is 54.7 Å². The summed E-state index contributed by atoms with van der Waals surface area (Å²) in [7, 11) is 1.68. The third kappa shape index (κ3) is 5.82. The van der Waals surface area contributed by atoms with Crippen LogP contribution in [0.25, 0.3) is 0 Å². The van der Waals surface area contributed by atoms with Gasteiger partial charge in [0.25, 0.3) is 0 Å². The van der Waals surface area contributed by atoms with E-state index >= 15 is 0 Å². The van der Waals surface area contributed by atoms with Crippen molar-refractivity contribution in [1.29, 1.82) is 0 Å². The van der Waals surface area contributed by atoms with Crippen LogP contribution in [0, 0.1) is 0 Å². The molecule has 0 atom stereocenters. The lowest BCUT2D eigenvalue weighted by atomic mass is 10.1. The Morgan fingerprint density at radius 3 is 2.70 bits per heavy atom. The van der Waals surface area contributed by atoms with Crippen LogP contribution in [0.3, 0.4) is 0 Å². The molecule has 0 aliphatic heterocycles. The first-order chi connectivity index (χ1) is 13.2. The van der Waals surface area contributed by atoms with Crippen molar-refractivity contribution in [3.63, 3.8) is 0 Å². The molecule has 0 aliphatic rings. The molecule has 0 spiro atoms. The Bertz CT molecular complexity index is 874. The quantitative estimate of drug-likeness (QED) is 0.585. The number of hydrogen-bond donors (Lipinski definition) is 2. The van der Waals surface area contributed by atoms with E-state index in [1.54, 1.807) is 13.3 Å². The molecule has 0 unspecified atom stereocenters. The highest BCUT2D eigenvalue weighted by Crippen LogP contribution is 2.17. The van der Waals surface area contributed by atoms with Crippen LogP contribution >= 0.6 is 11.6 Å². The number of para-hydroxylation sites is 1. The minimum atomic E-state index is 0.498. The summed E-state index contributed by atoms with van der Waals surface area (Å²) >= 11 is 6.01. The molecule has 1 aromatic heterocycles. The molecule has 140 valence electrons. The van der Waals surface area contributed by atoms with Gasteiger partial charge in [0, 0.05) is 18.1 Å². The van der Waals surface area contributed by atoms with Gasteiger partial charge in [-0.25, -0.2) is 0 Å². The smallest absolute Gasteiger partial charge is 0.244 e. The monoisotopic (exact) mass is 383 g/mol. The summed E-state index contributed by atoms with van der Waals surface area (Å²) in [6.07, 6.45) is 3.27. The molecule has 0 saturated heterocycles. The van der Waals surface area contributed by atoms with Crippen molar-refractivity contribution in [2.75, 3.05) is 30.8 Å². The summed E-state index contributed by atoms with van der Waals surface area (Å²) in [4.78, 5) is 4.44. The Labute approximate surface area is 164 Å². The van der Waals surface area contributed by atoms with Crippen LogP contribution in [-0.2, 0) is 12.8 Å². The van der Waals surface area contributed by atoms with Crippen molar-refractivity contribution in [2.45, 2.75) is 12.8 Å². The second-order valence-electron chi connectivity index (χ2n) is 5.96. The van der Waals surface area contributed by atoms with Crippen molar-refractivity contribution in [2.24, 2.45) is 0 Å². The zero-order chi connectivity index (χ0) is 18.9. The van der Waals surface area contributed by atoms with Crippen LogP contribution in [0.1, 0.15) is 11.1 Å². The molecule has 2 N–H and O–H groups in total. The molecular formula is C20H22ClN5O. The van der Waals surface area contributed by atoms with Gasteiger partial charge < -0.3 is 15.4 Å². The van der Waals surface area contributed by atoms with Gasteiger partial charge in [0.15, 0.2) is 5.82 Å². The van der Waals surface area contributed by atoms with Crippen molar-refractivity contribution in [3.8, 4) is 5.75 Å². The first-order valence-electron chi connectivity index (χ1n) is 8.78. The number of aromatic nitrogens is 3. The minimum absolute atomic E-state index is 0.498. The van der Waals surface area contributed by atoms with E-state index in [-0.39, 0.29) is 0 Å². The third-order valence-electron chi connectivity index (χ3n) is 4.04. The van der Waals surface area contributed by atoms with Gasteiger partial charge in [0.1, 0.15) is 5.75 Å². The van der Waals surface area contributed by atoms with Crippen molar-refractivity contribution in [3.05, 3.63) is 70.9 Å². The van der Waals surface area contributed by atoms with Crippen molar-refractivity contribution in [1.82, 2.24) is 15.2 Å². The molecule has 0 saturated carbocycles. The largest absolute Gasteiger partial charge is 0.496 e. The molecule has 1 heterocycles. The molecule has 0 radical (unpaired) electrons. The molecule has 6 nitrogen and oxygen atoms in total. The number of anilines is 2. The van der Waals surface area contributed by atoms with Crippen LogP contribution in [0.4, 0.5) is 11.8 Å². The zero-order valence-corrected chi connectivity index (χ0v) is 15.9. The SMILES string of the molecule is COc1ccccc1CCNc1nncc(NCCc2cccc(Cl)c2)n1. The van der Waals surface area contributed by atoms with Crippen LogP contribution in [-0.4, -0.2) is 35.4 Å². The van der Waals surface area contributed by atoms with Crippen LogP contribution < -0.4 is 15.4 Å². The number of nitrogens with zero attached hydrogens (tertiary/aromatic N) is 3. The fraction of sp³-hybridized carbons (Fsp3) is 0.250. The van der Waals surface area contributed by atoms with E-state index in [0.29, 0.717) is 18.3 Å². The number of halogens is 1. The van der Waals surface area contributed by atoms with Gasteiger partial charge in [-0.05, 0) is 42.2 Å². The molecule has 27 heavy (non-hydrogen) atoms. The standard InChI is InChI=1S/C20H22ClN5O/c1-27-18-8-3-2-6-16(18)10-12-23-20-25-19(14-24-26-20)22-11-9-15-5-4-7-17(21)13-15/h2-8,13-14H,9-12H2,1H3,(H2,22,23,25,26). The Kier molecular flexibility index (Phi) is 6.82. The molecular weight excluding hydrogens is 362 g/mol. The highest BCUT2D eigenvalue weighted by atomic mass is 35.5. The highest BCUT2D eigenvalue weighted by molar-refractivity contribution is 6.30. The lowest BCUT2D eigenvalue weighted by Crippen LogP contribution is -2.12. The van der Waals surface area contributed by atoms with Gasteiger partial charge in [-0.15, -0.1) is 5.10 Å². The fourth-order valence-electron chi connectivity index (χ4n) is 2.71. The summed E-state index contributed by atoms with van der Waals surface area (Å²) in [5.74, 6) is 2.07. The van der Waals surface area contributed by atoms with Gasteiger partial charge in [-0.3, -0.25) is 0 Å². The Morgan fingerprint density at radius 1 is 1.00 bits per heavy atom. The number of nitrogens with one attached hydrogen (secondary N) is 2. The third-order valence-corrected chi connectivity index (χ3v) is 4.27. The van der Waals surface area contributed by atoms with E-state index in [1.807, 2.05) is 42.5 Å². The topological polar surface area (TPSA) is 72.0 Å². The molecule has 7 heteroatoms. The Hall–Kier alpha value is -2.86. The number of ether oxygens (including phenoxy) is 1. The zero-order valence-electron chi connectivity index (χ0n) is 15.2. The fourth-order valence-corrected chi connectivity index (χ4v) is 2.92. The summed E-state index contributed by atoms with van der Waals surface area (Å²) in [5, 5.41) is 15.2. The Balaban J connectivity index is 1.48. The van der Waals surface area contributed by atoms with Crippen molar-refractivity contribution >= 4 is 23.4 Å². The summed E-state index contributed by atoms with van der Waals surface area (Å²) in [6.45, 7) is 1.42.